The molecule has 0 spiro atoms. The maximum Gasteiger partial charge on any atom is 0.335 e. The number of halogens is 1. The van der Waals surface area contributed by atoms with Crippen molar-refractivity contribution < 1.29 is 19.1 Å². The monoisotopic (exact) mass is 429 g/mol. The fourth-order valence-electron chi connectivity index (χ4n) is 2.51. The van der Waals surface area contributed by atoms with Crippen LogP contribution in [0.4, 0.5) is 16.2 Å². The van der Waals surface area contributed by atoms with E-state index in [0.29, 0.717) is 23.7 Å². The molecule has 1 heterocycles. The number of carbonyl (C=O) groups is 3. The third-order valence-corrected chi connectivity index (χ3v) is 4.34. The van der Waals surface area contributed by atoms with Crippen molar-refractivity contribution in [3.8, 4) is 5.75 Å². The largest absolute Gasteiger partial charge is 0.494 e. The van der Waals surface area contributed by atoms with Crippen molar-refractivity contribution in [2.24, 2.45) is 10.9 Å². The Kier molecular flexibility index (Phi) is 5.66. The van der Waals surface area contributed by atoms with Crippen LogP contribution < -0.4 is 15.0 Å². The molecule has 0 radical (unpaired) electrons. The average molecular weight is 430 g/mol. The molecule has 1 atom stereocenters. The Labute approximate surface area is 164 Å². The number of barbiturate groups is 1. The second-order valence-electron chi connectivity index (χ2n) is 5.63. The van der Waals surface area contributed by atoms with E-state index in [-0.39, 0.29) is 0 Å². The molecule has 0 saturated carbocycles. The molecule has 1 aliphatic rings. The van der Waals surface area contributed by atoms with Gasteiger partial charge >= 0.3 is 6.03 Å². The summed E-state index contributed by atoms with van der Waals surface area (Å²) in [5.74, 6) is -1.85. The predicted octanol–water partition coefficient (Wildman–Crippen LogP) is 3.45. The van der Waals surface area contributed by atoms with Crippen molar-refractivity contribution in [3.63, 3.8) is 0 Å². The van der Waals surface area contributed by atoms with Crippen molar-refractivity contribution in [1.29, 1.82) is 0 Å². The summed E-state index contributed by atoms with van der Waals surface area (Å²) >= 11 is 3.30. The lowest BCUT2D eigenvalue weighted by molar-refractivity contribution is -0.131. The number of ether oxygens (including phenoxy) is 1. The number of rotatable bonds is 5. The molecule has 0 bridgehead atoms. The third-order valence-electron chi connectivity index (χ3n) is 3.81. The van der Waals surface area contributed by atoms with Gasteiger partial charge < -0.3 is 4.74 Å². The van der Waals surface area contributed by atoms with Crippen LogP contribution >= 0.6 is 15.9 Å². The lowest BCUT2D eigenvalue weighted by atomic mass is 10.1. The van der Waals surface area contributed by atoms with Crippen LogP contribution in [0.3, 0.4) is 0 Å². The zero-order valence-corrected chi connectivity index (χ0v) is 16.0. The van der Waals surface area contributed by atoms with E-state index in [1.165, 1.54) is 6.21 Å². The number of aliphatic imine (C=N–C) groups is 1. The molecule has 0 aromatic heterocycles. The number of carbonyl (C=O) groups excluding carboxylic acids is 3. The van der Waals surface area contributed by atoms with Gasteiger partial charge in [-0.1, -0.05) is 15.9 Å². The van der Waals surface area contributed by atoms with Crippen LogP contribution in [-0.2, 0) is 9.59 Å². The summed E-state index contributed by atoms with van der Waals surface area (Å²) in [7, 11) is 0. The van der Waals surface area contributed by atoms with Gasteiger partial charge in [0.1, 0.15) is 5.75 Å². The van der Waals surface area contributed by atoms with Crippen molar-refractivity contribution in [3.05, 3.63) is 53.0 Å². The first-order valence-electron chi connectivity index (χ1n) is 8.21. The maximum absolute atomic E-state index is 12.7. The minimum Gasteiger partial charge on any atom is -0.494 e. The van der Waals surface area contributed by atoms with Crippen molar-refractivity contribution >= 4 is 51.4 Å². The van der Waals surface area contributed by atoms with Gasteiger partial charge in [-0.25, -0.2) is 9.69 Å². The highest BCUT2D eigenvalue weighted by Gasteiger charge is 2.40. The van der Waals surface area contributed by atoms with Gasteiger partial charge in [-0.3, -0.25) is 19.9 Å². The van der Waals surface area contributed by atoms with E-state index < -0.39 is 23.8 Å². The molecule has 1 fully saturated rings. The molecule has 0 aliphatic carbocycles. The maximum atomic E-state index is 12.7. The summed E-state index contributed by atoms with van der Waals surface area (Å²) in [6.07, 6.45) is 1.24. The summed E-state index contributed by atoms with van der Waals surface area (Å²) in [5.41, 5.74) is 0.929. The number of hydrogen-bond acceptors (Lipinski definition) is 5. The number of anilines is 1. The number of urea groups is 1. The summed E-state index contributed by atoms with van der Waals surface area (Å²) < 4.78 is 6.16. The topological polar surface area (TPSA) is 88.1 Å². The molecule has 7 nitrogen and oxygen atoms in total. The Morgan fingerprint density at radius 1 is 1.11 bits per heavy atom. The highest BCUT2D eigenvalue weighted by molar-refractivity contribution is 9.10. The fraction of sp³-hybridized carbons (Fsp3) is 0.158. The second-order valence-corrected chi connectivity index (χ2v) is 6.54. The highest BCUT2D eigenvalue weighted by atomic mass is 79.9. The van der Waals surface area contributed by atoms with Crippen LogP contribution in [-0.4, -0.2) is 30.7 Å². The van der Waals surface area contributed by atoms with E-state index in [2.05, 4.69) is 26.2 Å². The first kappa shape index (κ1) is 18.8. The fourth-order valence-corrected chi connectivity index (χ4v) is 2.78. The van der Waals surface area contributed by atoms with Crippen LogP contribution in [0.5, 0.6) is 5.75 Å². The van der Waals surface area contributed by atoms with Crippen molar-refractivity contribution in [2.75, 3.05) is 11.5 Å². The molecule has 8 heteroatoms. The van der Waals surface area contributed by atoms with Gasteiger partial charge in [0, 0.05) is 10.7 Å². The number of amides is 4. The van der Waals surface area contributed by atoms with Gasteiger partial charge in [-0.15, -0.1) is 0 Å². The zero-order chi connectivity index (χ0) is 19.4. The number of benzene rings is 2. The van der Waals surface area contributed by atoms with Crippen LogP contribution in [0.2, 0.25) is 0 Å². The standard InChI is InChI=1S/C19H16BrN3O4/c1-2-27-15-9-5-13(6-10-15)21-11-16-17(24)22-19(26)23(18(16)25)14-7-3-12(20)4-8-14/h3-11,16H,2H2,1H3,(H,22,24,26)/t16-/m1/s1. The van der Waals surface area contributed by atoms with E-state index in [0.717, 1.165) is 9.37 Å². The molecule has 2 aromatic carbocycles. The lowest BCUT2D eigenvalue weighted by Gasteiger charge is -2.28. The smallest absolute Gasteiger partial charge is 0.335 e. The lowest BCUT2D eigenvalue weighted by Crippen LogP contribution is -2.58. The predicted molar refractivity (Wildman–Crippen MR) is 104 cm³/mol. The summed E-state index contributed by atoms with van der Waals surface area (Å²) in [5, 5.41) is 2.19. The van der Waals surface area contributed by atoms with E-state index in [1.54, 1.807) is 48.5 Å². The Bertz CT molecular complexity index is 894. The molecular formula is C19H16BrN3O4. The number of hydrogen-bond donors (Lipinski definition) is 1. The summed E-state index contributed by atoms with van der Waals surface area (Å²) in [4.78, 5) is 42.1. The molecule has 2 aromatic rings. The molecule has 3 rings (SSSR count). The van der Waals surface area contributed by atoms with E-state index in [9.17, 15) is 14.4 Å². The average Bonchev–Trinajstić information content (AvgIpc) is 2.64. The van der Waals surface area contributed by atoms with Gasteiger partial charge in [0.2, 0.25) is 5.91 Å². The van der Waals surface area contributed by atoms with Crippen molar-refractivity contribution in [1.82, 2.24) is 5.32 Å². The molecule has 1 N–H and O–H groups in total. The second kappa shape index (κ2) is 8.13. The molecule has 1 saturated heterocycles. The molecular weight excluding hydrogens is 414 g/mol. The molecule has 0 unspecified atom stereocenters. The number of nitrogens with zero attached hydrogens (tertiary/aromatic N) is 2. The van der Waals surface area contributed by atoms with Crippen LogP contribution in [0, 0.1) is 5.92 Å². The Balaban J connectivity index is 1.81. The highest BCUT2D eigenvalue weighted by Crippen LogP contribution is 2.23. The molecule has 4 amide bonds. The number of imide groups is 2. The SMILES string of the molecule is CCOc1ccc(N=C[C@@H]2C(=O)NC(=O)N(c3ccc(Br)cc3)C2=O)cc1. The van der Waals surface area contributed by atoms with Crippen molar-refractivity contribution in [2.45, 2.75) is 6.92 Å². The minimum absolute atomic E-state index is 0.368. The first-order valence-corrected chi connectivity index (χ1v) is 9.00. The van der Waals surface area contributed by atoms with Gasteiger partial charge in [0.25, 0.3) is 5.91 Å². The Hall–Kier alpha value is -3.00. The van der Waals surface area contributed by atoms with Gasteiger partial charge in [0.05, 0.1) is 18.0 Å². The summed E-state index contributed by atoms with van der Waals surface area (Å²) in [6.45, 7) is 2.44. The summed E-state index contributed by atoms with van der Waals surface area (Å²) in [6, 6.07) is 12.8. The molecule has 1 aliphatic heterocycles. The first-order chi connectivity index (χ1) is 13.0. The quantitative estimate of drug-likeness (QED) is 0.582. The Morgan fingerprint density at radius 2 is 1.78 bits per heavy atom. The normalized spacial score (nSPS) is 17.3. The van der Waals surface area contributed by atoms with Gasteiger partial charge in [0.15, 0.2) is 5.92 Å². The van der Waals surface area contributed by atoms with E-state index in [4.69, 9.17) is 4.74 Å². The number of nitrogens with one attached hydrogen (secondary N) is 1. The third kappa shape index (κ3) is 4.22. The minimum atomic E-state index is -1.20. The van der Waals surface area contributed by atoms with Crippen LogP contribution in [0.1, 0.15) is 6.92 Å². The van der Waals surface area contributed by atoms with Crippen LogP contribution in [0.15, 0.2) is 58.0 Å². The van der Waals surface area contributed by atoms with Crippen LogP contribution in [0.25, 0.3) is 0 Å². The van der Waals surface area contributed by atoms with E-state index >= 15 is 0 Å². The Morgan fingerprint density at radius 3 is 2.41 bits per heavy atom. The molecule has 27 heavy (non-hydrogen) atoms. The zero-order valence-electron chi connectivity index (χ0n) is 14.4. The van der Waals surface area contributed by atoms with E-state index in [1.807, 2.05) is 6.92 Å². The van der Waals surface area contributed by atoms with Gasteiger partial charge in [-0.05, 0) is 55.5 Å². The molecule has 138 valence electrons. The van der Waals surface area contributed by atoms with Gasteiger partial charge in [-0.2, -0.15) is 0 Å².